The fourth-order valence-corrected chi connectivity index (χ4v) is 1.36. The molecule has 0 spiro atoms. The third-order valence-electron chi connectivity index (χ3n) is 2.28. The molecule has 0 atom stereocenters. The molecule has 0 bridgehead atoms. The van der Waals surface area contributed by atoms with Crippen molar-refractivity contribution in [3.8, 4) is 0 Å². The highest BCUT2D eigenvalue weighted by atomic mass is 16.5. The molecule has 6 nitrogen and oxygen atoms in total. The average Bonchev–Trinajstić information content (AvgIpc) is 2.41. The monoisotopic (exact) mass is 278 g/mol. The molecule has 2 N–H and O–H groups in total. The highest BCUT2D eigenvalue weighted by Gasteiger charge is 2.06. The van der Waals surface area contributed by atoms with Crippen molar-refractivity contribution < 1.29 is 19.4 Å². The number of carbonyl (C=O) groups excluding carboxylic acids is 1. The molecule has 0 saturated carbocycles. The van der Waals surface area contributed by atoms with E-state index in [9.17, 15) is 9.59 Å². The van der Waals surface area contributed by atoms with Gasteiger partial charge in [-0.3, -0.25) is 9.78 Å². The summed E-state index contributed by atoms with van der Waals surface area (Å²) in [6.45, 7) is 4.71. The Hall–Kier alpha value is -2.21. The second kappa shape index (κ2) is 8.06. The summed E-state index contributed by atoms with van der Waals surface area (Å²) in [5, 5.41) is 11.2. The molecule has 1 aromatic rings. The Morgan fingerprint density at radius 1 is 1.45 bits per heavy atom. The summed E-state index contributed by atoms with van der Waals surface area (Å²) in [4.78, 5) is 26.1. The van der Waals surface area contributed by atoms with Crippen LogP contribution in [0, 0.1) is 0 Å². The van der Waals surface area contributed by atoms with Crippen LogP contribution in [0.15, 0.2) is 24.4 Å². The maximum Gasteiger partial charge on any atom is 0.328 e. The first-order chi connectivity index (χ1) is 9.49. The van der Waals surface area contributed by atoms with Crippen molar-refractivity contribution in [3.63, 3.8) is 0 Å². The number of rotatable bonds is 7. The molecule has 0 radical (unpaired) electrons. The van der Waals surface area contributed by atoms with Gasteiger partial charge in [0.15, 0.2) is 0 Å². The number of amides is 1. The van der Waals surface area contributed by atoms with Crippen molar-refractivity contribution in [2.24, 2.45) is 0 Å². The lowest BCUT2D eigenvalue weighted by molar-refractivity contribution is -0.131. The van der Waals surface area contributed by atoms with Gasteiger partial charge in [0.25, 0.3) is 5.91 Å². The van der Waals surface area contributed by atoms with Gasteiger partial charge in [0.1, 0.15) is 5.69 Å². The summed E-state index contributed by atoms with van der Waals surface area (Å²) in [6, 6.07) is 3.17. The fourth-order valence-electron chi connectivity index (χ4n) is 1.36. The molecular weight excluding hydrogens is 260 g/mol. The molecule has 1 aromatic heterocycles. The maximum absolute atomic E-state index is 11.7. The summed E-state index contributed by atoms with van der Waals surface area (Å²) in [5.74, 6) is -1.32. The molecule has 0 fully saturated rings. The van der Waals surface area contributed by atoms with Crippen LogP contribution >= 0.6 is 0 Å². The molecule has 0 aliphatic carbocycles. The lowest BCUT2D eigenvalue weighted by Gasteiger charge is -2.08. The lowest BCUT2D eigenvalue weighted by Crippen LogP contribution is -2.28. The van der Waals surface area contributed by atoms with E-state index < -0.39 is 5.97 Å². The number of nitrogens with zero attached hydrogens (tertiary/aromatic N) is 1. The number of hydrogen-bond donors (Lipinski definition) is 2. The van der Waals surface area contributed by atoms with Crippen LogP contribution in [-0.4, -0.2) is 41.2 Å². The van der Waals surface area contributed by atoms with E-state index >= 15 is 0 Å². The van der Waals surface area contributed by atoms with Crippen LogP contribution < -0.4 is 5.32 Å². The molecule has 1 amide bonds. The topological polar surface area (TPSA) is 88.5 Å². The van der Waals surface area contributed by atoms with Crippen molar-refractivity contribution in [3.05, 3.63) is 35.7 Å². The van der Waals surface area contributed by atoms with Crippen molar-refractivity contribution in [1.82, 2.24) is 10.3 Å². The molecule has 0 aromatic carbocycles. The molecule has 20 heavy (non-hydrogen) atoms. The summed E-state index contributed by atoms with van der Waals surface area (Å²) < 4.78 is 5.30. The molecule has 108 valence electrons. The molecule has 1 rings (SSSR count). The van der Waals surface area contributed by atoms with Crippen LogP contribution in [0.3, 0.4) is 0 Å². The second-order valence-corrected chi connectivity index (χ2v) is 4.32. The Kier molecular flexibility index (Phi) is 6.39. The third kappa shape index (κ3) is 6.10. The molecule has 0 aliphatic heterocycles. The van der Waals surface area contributed by atoms with E-state index in [2.05, 4.69) is 10.3 Å². The van der Waals surface area contributed by atoms with E-state index in [0.29, 0.717) is 18.7 Å². The predicted octanol–water partition coefficient (Wildman–Crippen LogP) is 1.33. The number of aromatic nitrogens is 1. The van der Waals surface area contributed by atoms with Crippen LogP contribution in [0.25, 0.3) is 6.08 Å². The lowest BCUT2D eigenvalue weighted by atomic mass is 10.2. The third-order valence-corrected chi connectivity index (χ3v) is 2.28. The molecular formula is C14H18N2O4. The largest absolute Gasteiger partial charge is 0.478 e. The number of hydrogen-bond acceptors (Lipinski definition) is 4. The SMILES string of the molecule is CC(C)OCCNC(=O)c1ccc(/C=C/C(=O)O)cn1. The first-order valence-electron chi connectivity index (χ1n) is 6.26. The number of carboxylic acids is 1. The average molecular weight is 278 g/mol. The van der Waals surface area contributed by atoms with Gasteiger partial charge in [-0.1, -0.05) is 6.07 Å². The molecule has 0 unspecified atom stereocenters. The normalized spacial score (nSPS) is 10.9. The molecule has 0 saturated heterocycles. The highest BCUT2D eigenvalue weighted by molar-refractivity contribution is 5.92. The van der Waals surface area contributed by atoms with Gasteiger partial charge in [-0.05, 0) is 31.6 Å². The van der Waals surface area contributed by atoms with Gasteiger partial charge in [-0.2, -0.15) is 0 Å². The number of pyridine rings is 1. The number of ether oxygens (including phenoxy) is 1. The van der Waals surface area contributed by atoms with Crippen LogP contribution in [0.5, 0.6) is 0 Å². The van der Waals surface area contributed by atoms with E-state index in [4.69, 9.17) is 9.84 Å². The predicted molar refractivity (Wildman–Crippen MR) is 74.3 cm³/mol. The van der Waals surface area contributed by atoms with Gasteiger partial charge in [0, 0.05) is 18.8 Å². The zero-order chi connectivity index (χ0) is 15.0. The van der Waals surface area contributed by atoms with Crippen molar-refractivity contribution in [2.45, 2.75) is 20.0 Å². The van der Waals surface area contributed by atoms with Crippen LogP contribution in [0.2, 0.25) is 0 Å². The van der Waals surface area contributed by atoms with Crippen LogP contribution in [0.4, 0.5) is 0 Å². The van der Waals surface area contributed by atoms with Gasteiger partial charge in [-0.25, -0.2) is 4.79 Å². The second-order valence-electron chi connectivity index (χ2n) is 4.32. The Morgan fingerprint density at radius 2 is 2.20 bits per heavy atom. The van der Waals surface area contributed by atoms with E-state index in [0.717, 1.165) is 6.08 Å². The minimum absolute atomic E-state index is 0.130. The number of carboxylic acid groups (broad SMARTS) is 1. The standard InChI is InChI=1S/C14H18N2O4/c1-10(2)20-8-7-15-14(19)12-5-3-11(9-16-12)4-6-13(17)18/h3-6,9-10H,7-8H2,1-2H3,(H,15,19)(H,17,18)/b6-4+. The molecule has 0 aliphatic rings. The number of carbonyl (C=O) groups is 2. The number of aliphatic carboxylic acids is 1. The van der Waals surface area contributed by atoms with E-state index in [1.165, 1.54) is 12.3 Å². The van der Waals surface area contributed by atoms with Crippen molar-refractivity contribution in [2.75, 3.05) is 13.2 Å². The van der Waals surface area contributed by atoms with Crippen molar-refractivity contribution in [1.29, 1.82) is 0 Å². The Morgan fingerprint density at radius 3 is 2.75 bits per heavy atom. The smallest absolute Gasteiger partial charge is 0.328 e. The van der Waals surface area contributed by atoms with Crippen LogP contribution in [0.1, 0.15) is 29.9 Å². The summed E-state index contributed by atoms with van der Waals surface area (Å²) in [5.41, 5.74) is 0.897. The van der Waals surface area contributed by atoms with E-state index in [1.54, 1.807) is 12.1 Å². The fraction of sp³-hybridized carbons (Fsp3) is 0.357. The van der Waals surface area contributed by atoms with Gasteiger partial charge in [-0.15, -0.1) is 0 Å². The Bertz CT molecular complexity index is 480. The Labute approximate surface area is 117 Å². The Balaban J connectivity index is 2.47. The zero-order valence-corrected chi connectivity index (χ0v) is 11.5. The van der Waals surface area contributed by atoms with Crippen LogP contribution in [-0.2, 0) is 9.53 Å². The summed E-state index contributed by atoms with van der Waals surface area (Å²) in [6.07, 6.45) is 4.00. The van der Waals surface area contributed by atoms with Crippen molar-refractivity contribution >= 4 is 18.0 Å². The van der Waals surface area contributed by atoms with Gasteiger partial charge in [0.05, 0.1) is 12.7 Å². The van der Waals surface area contributed by atoms with E-state index in [-0.39, 0.29) is 17.7 Å². The maximum atomic E-state index is 11.7. The first kappa shape index (κ1) is 15.8. The quantitative estimate of drug-likeness (QED) is 0.580. The number of nitrogens with one attached hydrogen (secondary N) is 1. The summed E-state index contributed by atoms with van der Waals surface area (Å²) >= 11 is 0. The zero-order valence-electron chi connectivity index (χ0n) is 11.5. The van der Waals surface area contributed by atoms with Gasteiger partial charge < -0.3 is 15.2 Å². The van der Waals surface area contributed by atoms with E-state index in [1.807, 2.05) is 13.8 Å². The first-order valence-corrected chi connectivity index (χ1v) is 6.26. The highest BCUT2D eigenvalue weighted by Crippen LogP contribution is 2.02. The van der Waals surface area contributed by atoms with Gasteiger partial charge >= 0.3 is 5.97 Å². The van der Waals surface area contributed by atoms with Gasteiger partial charge in [0.2, 0.25) is 0 Å². The molecule has 1 heterocycles. The minimum Gasteiger partial charge on any atom is -0.478 e. The molecule has 6 heteroatoms. The minimum atomic E-state index is -1.03. The summed E-state index contributed by atoms with van der Waals surface area (Å²) in [7, 11) is 0.